The maximum Gasteiger partial charge on any atom is 0.201 e. The van der Waals surface area contributed by atoms with Crippen molar-refractivity contribution in [1.82, 2.24) is 9.55 Å². The molecule has 10 heavy (non-hydrogen) atoms. The minimum absolute atomic E-state index is 0.481. The summed E-state index contributed by atoms with van der Waals surface area (Å²) in [6.07, 6.45) is 1.84. The van der Waals surface area contributed by atoms with Gasteiger partial charge in [0, 0.05) is 12.7 Å². The van der Waals surface area contributed by atoms with E-state index in [4.69, 9.17) is 18.0 Å². The molecule has 0 amide bonds. The number of hydrogen-bond acceptors (Lipinski definition) is 3. The third-order valence-corrected chi connectivity index (χ3v) is 1.56. The minimum Gasteiger partial charge on any atom is -0.384 e. The molecule has 0 spiro atoms. The van der Waals surface area contributed by atoms with E-state index in [1.54, 1.807) is 6.07 Å². The maximum atomic E-state index is 5.39. The zero-order valence-corrected chi connectivity index (χ0v) is 6.56. The molecule has 1 heterocycles. The van der Waals surface area contributed by atoms with Gasteiger partial charge in [0.1, 0.15) is 5.82 Å². The van der Waals surface area contributed by atoms with Crippen molar-refractivity contribution in [2.75, 3.05) is 5.73 Å². The number of rotatable bonds is 1. The Hall–Kier alpha value is -0.900. The summed E-state index contributed by atoms with van der Waals surface area (Å²) in [7, 11) is 0. The fourth-order valence-corrected chi connectivity index (χ4v) is 0.978. The molecule has 1 rings (SSSR count). The summed E-state index contributed by atoms with van der Waals surface area (Å²) < 4.78 is 2.40. The summed E-state index contributed by atoms with van der Waals surface area (Å²) >= 11 is 4.91. The van der Waals surface area contributed by atoms with Gasteiger partial charge in [-0.15, -0.1) is 0 Å². The van der Waals surface area contributed by atoms with Gasteiger partial charge in [0.2, 0.25) is 4.77 Å². The Labute approximate surface area is 64.5 Å². The highest BCUT2D eigenvalue weighted by Crippen LogP contribution is 1.95. The van der Waals surface area contributed by atoms with Crippen molar-refractivity contribution >= 4 is 18.0 Å². The predicted molar refractivity (Wildman–Crippen MR) is 43.1 cm³/mol. The van der Waals surface area contributed by atoms with Crippen molar-refractivity contribution < 1.29 is 0 Å². The number of nitrogens with two attached hydrogens (primary N) is 1. The van der Waals surface area contributed by atoms with E-state index in [1.165, 1.54) is 0 Å². The number of nitrogens with zero attached hydrogens (tertiary/aromatic N) is 2. The second-order valence-corrected chi connectivity index (χ2v) is 2.29. The average molecular weight is 155 g/mol. The molecule has 0 unspecified atom stereocenters. The summed E-state index contributed by atoms with van der Waals surface area (Å²) in [4.78, 5) is 3.90. The molecule has 0 aliphatic carbocycles. The molecule has 0 bridgehead atoms. The predicted octanol–water partition coefficient (Wildman–Crippen LogP) is 1.21. The Morgan fingerprint density at radius 2 is 2.50 bits per heavy atom. The van der Waals surface area contributed by atoms with Gasteiger partial charge < -0.3 is 10.3 Å². The number of aromatic nitrogens is 2. The first-order chi connectivity index (χ1) is 4.74. The fraction of sp³-hybridized carbons (Fsp3) is 0.333. The highest BCUT2D eigenvalue weighted by atomic mass is 32.1. The van der Waals surface area contributed by atoms with Crippen LogP contribution in [0, 0.1) is 4.77 Å². The fourth-order valence-electron chi connectivity index (χ4n) is 0.683. The molecule has 4 heteroatoms. The number of aryl methyl sites for hydroxylation is 1. The van der Waals surface area contributed by atoms with Gasteiger partial charge in [-0.25, -0.2) is 4.98 Å². The lowest BCUT2D eigenvalue weighted by Gasteiger charge is -2.00. The van der Waals surface area contributed by atoms with Crippen molar-refractivity contribution in [3.63, 3.8) is 0 Å². The largest absolute Gasteiger partial charge is 0.384 e. The average Bonchev–Trinajstić information content (AvgIpc) is 1.88. The van der Waals surface area contributed by atoms with Crippen LogP contribution in [0.1, 0.15) is 6.92 Å². The van der Waals surface area contributed by atoms with E-state index in [1.807, 2.05) is 17.7 Å². The molecule has 0 aromatic carbocycles. The Balaban J connectivity index is 3.20. The van der Waals surface area contributed by atoms with Crippen molar-refractivity contribution in [2.24, 2.45) is 0 Å². The van der Waals surface area contributed by atoms with Crippen molar-refractivity contribution in [3.05, 3.63) is 17.0 Å². The van der Waals surface area contributed by atoms with Gasteiger partial charge in [-0.2, -0.15) is 0 Å². The van der Waals surface area contributed by atoms with Gasteiger partial charge in [0.05, 0.1) is 0 Å². The number of anilines is 1. The third kappa shape index (κ3) is 1.33. The maximum absolute atomic E-state index is 5.39. The van der Waals surface area contributed by atoms with Gasteiger partial charge in [-0.05, 0) is 25.2 Å². The molecule has 3 nitrogen and oxygen atoms in total. The monoisotopic (exact) mass is 155 g/mol. The topological polar surface area (TPSA) is 43.8 Å². The molecule has 0 saturated heterocycles. The van der Waals surface area contributed by atoms with Crippen LogP contribution in [0.5, 0.6) is 0 Å². The van der Waals surface area contributed by atoms with Crippen LogP contribution in [0.25, 0.3) is 0 Å². The van der Waals surface area contributed by atoms with Gasteiger partial charge in [-0.1, -0.05) is 0 Å². The molecule has 0 saturated carbocycles. The van der Waals surface area contributed by atoms with E-state index in [-0.39, 0.29) is 0 Å². The third-order valence-electron chi connectivity index (χ3n) is 1.24. The summed E-state index contributed by atoms with van der Waals surface area (Å²) in [5, 5.41) is 0. The van der Waals surface area contributed by atoms with E-state index in [2.05, 4.69) is 4.98 Å². The van der Waals surface area contributed by atoms with Gasteiger partial charge >= 0.3 is 0 Å². The standard InChI is InChI=1S/C6H9N3S/c1-2-9-4-3-5(7)8-6(9)10/h3-4H,2H2,1H3,(H2,7,8,10). The Morgan fingerprint density at radius 1 is 1.80 bits per heavy atom. The van der Waals surface area contributed by atoms with Crippen LogP contribution in [0.4, 0.5) is 5.82 Å². The summed E-state index contributed by atoms with van der Waals surface area (Å²) in [6.45, 7) is 2.85. The lowest BCUT2D eigenvalue weighted by atomic mass is 10.6. The van der Waals surface area contributed by atoms with Crippen molar-refractivity contribution in [3.8, 4) is 0 Å². The van der Waals surface area contributed by atoms with Crippen molar-refractivity contribution in [1.29, 1.82) is 0 Å². The van der Waals surface area contributed by atoms with Crippen LogP contribution in [0.15, 0.2) is 12.3 Å². The Kier molecular flexibility index (Phi) is 2.01. The molecule has 0 radical (unpaired) electrons. The van der Waals surface area contributed by atoms with Crippen LogP contribution in [0.3, 0.4) is 0 Å². The molecular formula is C6H9N3S. The van der Waals surface area contributed by atoms with Crippen molar-refractivity contribution in [2.45, 2.75) is 13.5 Å². The number of hydrogen-bond donors (Lipinski definition) is 1. The van der Waals surface area contributed by atoms with E-state index in [9.17, 15) is 0 Å². The quantitative estimate of drug-likeness (QED) is 0.620. The first kappa shape index (κ1) is 7.21. The molecule has 1 aromatic heterocycles. The van der Waals surface area contributed by atoms with E-state index in [0.29, 0.717) is 10.6 Å². The SMILES string of the molecule is CCn1ccc(N)nc1=S. The minimum atomic E-state index is 0.481. The Morgan fingerprint density at radius 3 is 3.00 bits per heavy atom. The second kappa shape index (κ2) is 2.79. The molecule has 0 atom stereocenters. The van der Waals surface area contributed by atoms with Crippen LogP contribution in [0.2, 0.25) is 0 Å². The zero-order valence-electron chi connectivity index (χ0n) is 5.74. The van der Waals surface area contributed by atoms with Gasteiger partial charge in [-0.3, -0.25) is 0 Å². The lowest BCUT2D eigenvalue weighted by molar-refractivity contribution is 0.723. The highest BCUT2D eigenvalue weighted by Gasteiger charge is 1.88. The lowest BCUT2D eigenvalue weighted by Crippen LogP contribution is -2.01. The van der Waals surface area contributed by atoms with Crippen LogP contribution >= 0.6 is 12.2 Å². The smallest absolute Gasteiger partial charge is 0.201 e. The molecular weight excluding hydrogens is 146 g/mol. The van der Waals surface area contributed by atoms with E-state index >= 15 is 0 Å². The second-order valence-electron chi connectivity index (χ2n) is 1.92. The van der Waals surface area contributed by atoms with Gasteiger partial charge in [0.25, 0.3) is 0 Å². The zero-order chi connectivity index (χ0) is 7.56. The molecule has 1 aromatic rings. The van der Waals surface area contributed by atoms with E-state index in [0.717, 1.165) is 6.54 Å². The van der Waals surface area contributed by atoms with E-state index < -0.39 is 0 Å². The summed E-state index contributed by atoms with van der Waals surface area (Å²) in [6, 6.07) is 1.74. The number of nitrogen functional groups attached to an aromatic ring is 1. The molecule has 2 N–H and O–H groups in total. The molecule has 0 fully saturated rings. The first-order valence-electron chi connectivity index (χ1n) is 3.07. The van der Waals surface area contributed by atoms with Crippen LogP contribution < -0.4 is 5.73 Å². The molecule has 54 valence electrons. The summed E-state index contributed by atoms with van der Waals surface area (Å²) in [5.41, 5.74) is 5.39. The Bertz CT molecular complexity index is 279. The highest BCUT2D eigenvalue weighted by molar-refractivity contribution is 7.71. The first-order valence-corrected chi connectivity index (χ1v) is 3.48. The molecule has 0 aliphatic rings. The normalized spacial score (nSPS) is 9.70. The van der Waals surface area contributed by atoms with Crippen LogP contribution in [-0.4, -0.2) is 9.55 Å². The summed E-state index contributed by atoms with van der Waals surface area (Å²) in [5.74, 6) is 0.481. The molecule has 0 aliphatic heterocycles. The van der Waals surface area contributed by atoms with Crippen LogP contribution in [-0.2, 0) is 6.54 Å². The van der Waals surface area contributed by atoms with Gasteiger partial charge in [0.15, 0.2) is 0 Å².